The second-order valence-corrected chi connectivity index (χ2v) is 0.675. The van der Waals surface area contributed by atoms with Gasteiger partial charge in [0.25, 0.3) is 0 Å². The third kappa shape index (κ3) is 33.3. The average molecular weight is 287 g/mol. The largest absolute Gasteiger partial charge is 2.00 e. The van der Waals surface area contributed by atoms with Gasteiger partial charge in [0.15, 0.2) is 0 Å². The summed E-state index contributed by atoms with van der Waals surface area (Å²) >= 11 is 0. The van der Waals surface area contributed by atoms with Gasteiger partial charge in [0.05, 0.1) is 0 Å². The normalized spacial score (nSPS) is 4.62. The van der Waals surface area contributed by atoms with E-state index in [0.717, 1.165) is 0 Å². The summed E-state index contributed by atoms with van der Waals surface area (Å²) < 4.78 is 0. The van der Waals surface area contributed by atoms with E-state index in [-0.39, 0.29) is 35.9 Å². The van der Waals surface area contributed by atoms with Crippen molar-refractivity contribution in [3.63, 3.8) is 0 Å². The second kappa shape index (κ2) is 26.5. The molecular weight excluding hydrogens is 274 g/mol. The van der Waals surface area contributed by atoms with E-state index < -0.39 is 0 Å². The molecule has 2 nitrogen and oxygen atoms in total. The van der Waals surface area contributed by atoms with Gasteiger partial charge >= 0.3 is 21.1 Å². The van der Waals surface area contributed by atoms with Gasteiger partial charge in [-0.3, -0.25) is 6.29 Å². The minimum Gasteiger partial charge on any atom is -0.541 e. The van der Waals surface area contributed by atoms with Crippen LogP contribution in [0.3, 0.4) is 0 Å². The summed E-state index contributed by atoms with van der Waals surface area (Å²) in [6.45, 7) is 0.333. The molecule has 50 valence electrons. The third-order valence-corrected chi connectivity index (χ3v) is 0.249. The Hall–Kier alpha value is 0.318. The Morgan fingerprint density at radius 3 is 2.00 bits per heavy atom. The summed E-state index contributed by atoms with van der Waals surface area (Å²) in [6, 6.07) is 0. The van der Waals surface area contributed by atoms with Crippen molar-refractivity contribution in [3.05, 3.63) is 7.43 Å². The van der Waals surface area contributed by atoms with Crippen LogP contribution in [0.4, 0.5) is 0 Å². The van der Waals surface area contributed by atoms with Crippen molar-refractivity contribution in [1.82, 2.24) is 5.32 Å². The fourth-order valence-electron chi connectivity index (χ4n) is 0.0722. The third-order valence-electron chi connectivity index (χ3n) is 0.249. The summed E-state index contributed by atoms with van der Waals surface area (Å²) in [5.41, 5.74) is 0. The monoisotopic (exact) mass is 287 g/mol. The van der Waals surface area contributed by atoms with E-state index in [1.54, 1.807) is 13.3 Å². The molecule has 0 unspecified atom stereocenters. The summed E-state index contributed by atoms with van der Waals surface area (Å²) in [7, 11) is 1.70. The Kier molecular flexibility index (Phi) is 79.2. The van der Waals surface area contributed by atoms with Crippen LogP contribution < -0.4 is 5.32 Å². The predicted octanol–water partition coefficient (Wildman–Crippen LogP) is 0.399. The van der Waals surface area contributed by atoms with Gasteiger partial charge in [-0.2, -0.15) is 0 Å². The molecule has 0 atom stereocenters. The van der Waals surface area contributed by atoms with Crippen molar-refractivity contribution < 1.29 is 25.9 Å². The zero-order valence-electron chi connectivity index (χ0n) is 4.52. The fourth-order valence-corrected chi connectivity index (χ4v) is 0.0722. The first-order valence-electron chi connectivity index (χ1n) is 1.41. The number of likely N-dealkylation sites (N-methyl/N-ethyl adjacent to an activating group) is 1. The van der Waals surface area contributed by atoms with E-state index in [2.05, 4.69) is 5.32 Å². The molecule has 0 amide bonds. The summed E-state index contributed by atoms with van der Waals surface area (Å²) in [6.07, 6.45) is 1.66. The Bertz CT molecular complexity index is 33.6. The average Bonchev–Trinajstić information content (AvgIpc) is 1.41. The zero-order valence-corrected chi connectivity index (χ0v) is 7.46. The van der Waals surface area contributed by atoms with Crippen LogP contribution in [0, 0.1) is 7.43 Å². The van der Waals surface area contributed by atoms with Crippen molar-refractivity contribution in [2.24, 2.45) is 0 Å². The molecule has 3 heteroatoms. The van der Waals surface area contributed by atoms with E-state index in [1.165, 1.54) is 0 Å². The van der Waals surface area contributed by atoms with Crippen LogP contribution in [0.1, 0.15) is 7.43 Å². The maximum atomic E-state index is 9.22. The van der Waals surface area contributed by atoms with Gasteiger partial charge in [0, 0.05) is 0 Å². The maximum Gasteiger partial charge on any atom is 2.00 e. The van der Waals surface area contributed by atoms with Gasteiger partial charge in [-0.15, -0.1) is 6.54 Å². The number of carbonyl (C=O) groups excluding carboxylic acids is 1. The fraction of sp³-hybridized carbons (Fsp3) is 0.600. The zero-order chi connectivity index (χ0) is 4.12. The van der Waals surface area contributed by atoms with Crippen molar-refractivity contribution >= 4 is 6.29 Å². The number of nitrogens with one attached hydrogen (secondary N) is 1. The van der Waals surface area contributed by atoms with Crippen LogP contribution in [0.5, 0.6) is 0 Å². The van der Waals surface area contributed by atoms with Crippen LogP contribution in [0.15, 0.2) is 0 Å². The van der Waals surface area contributed by atoms with Crippen molar-refractivity contribution in [2.75, 3.05) is 13.6 Å². The summed E-state index contributed by atoms with van der Waals surface area (Å²) in [5, 5.41) is 2.59. The van der Waals surface area contributed by atoms with Crippen LogP contribution >= 0.6 is 0 Å². The van der Waals surface area contributed by atoms with E-state index in [0.29, 0.717) is 6.54 Å². The SMILES string of the molecule is C.CNC[C-]=O.[CH3-].[W+2]. The number of hydrogen-bond acceptors (Lipinski definition) is 2. The summed E-state index contributed by atoms with van der Waals surface area (Å²) in [5.74, 6) is 0. The Balaban J connectivity index is -0.0000000267. The molecule has 0 aliphatic carbocycles. The molecule has 0 saturated carbocycles. The first kappa shape index (κ1) is 23.9. The van der Waals surface area contributed by atoms with Crippen molar-refractivity contribution in [2.45, 2.75) is 7.43 Å². The van der Waals surface area contributed by atoms with Gasteiger partial charge in [-0.1, -0.05) is 7.43 Å². The van der Waals surface area contributed by atoms with Crippen molar-refractivity contribution in [3.8, 4) is 0 Å². The molecule has 0 aromatic heterocycles. The second-order valence-electron chi connectivity index (χ2n) is 0.675. The van der Waals surface area contributed by atoms with Crippen LogP contribution in [-0.2, 0) is 25.9 Å². The standard InChI is InChI=1S/C3H6NO.CH4.CH3.W/c1-4-2-3-5;;;/h4H,2H2,1H3;1H4;1H3;/q-1;;-1;+2. The van der Waals surface area contributed by atoms with E-state index >= 15 is 0 Å². The molecule has 8 heavy (non-hydrogen) atoms. The molecule has 0 bridgehead atoms. The first-order chi connectivity index (χ1) is 2.41. The molecule has 0 rings (SSSR count). The van der Waals surface area contributed by atoms with E-state index in [9.17, 15) is 4.79 Å². The van der Waals surface area contributed by atoms with Gasteiger partial charge in [-0.05, 0) is 7.05 Å². The molecule has 0 radical (unpaired) electrons. The molecule has 0 heterocycles. The molecule has 0 aliphatic heterocycles. The maximum absolute atomic E-state index is 9.22. The van der Waals surface area contributed by atoms with Gasteiger partial charge in [0.1, 0.15) is 0 Å². The minimum absolute atomic E-state index is 0. The molecule has 1 N–H and O–H groups in total. The molecular formula is C5H13NOW. The van der Waals surface area contributed by atoms with Gasteiger partial charge in [-0.25, -0.2) is 0 Å². The first-order valence-corrected chi connectivity index (χ1v) is 1.41. The van der Waals surface area contributed by atoms with Gasteiger partial charge < -0.3 is 17.5 Å². The van der Waals surface area contributed by atoms with E-state index in [4.69, 9.17) is 0 Å². The molecule has 0 aromatic carbocycles. The minimum atomic E-state index is 0. The Labute approximate surface area is 66.3 Å². The van der Waals surface area contributed by atoms with E-state index in [1.807, 2.05) is 0 Å². The van der Waals surface area contributed by atoms with Crippen LogP contribution in [0.2, 0.25) is 0 Å². The topological polar surface area (TPSA) is 29.1 Å². The Morgan fingerprint density at radius 2 is 2.00 bits per heavy atom. The molecule has 0 fully saturated rings. The predicted molar refractivity (Wildman–Crippen MR) is 32.8 cm³/mol. The van der Waals surface area contributed by atoms with Crippen LogP contribution in [-0.4, -0.2) is 19.9 Å². The number of hydrogen-bond donors (Lipinski definition) is 1. The Morgan fingerprint density at radius 1 is 1.62 bits per heavy atom. The van der Waals surface area contributed by atoms with Gasteiger partial charge in [0.2, 0.25) is 0 Å². The molecule has 0 aromatic rings. The molecule has 0 aliphatic rings. The smallest absolute Gasteiger partial charge is 0.541 e. The number of rotatable bonds is 2. The molecule has 0 saturated heterocycles. The van der Waals surface area contributed by atoms with Crippen LogP contribution in [0.25, 0.3) is 0 Å². The molecule has 0 spiro atoms. The quantitative estimate of drug-likeness (QED) is 0.745. The van der Waals surface area contributed by atoms with Crippen molar-refractivity contribution in [1.29, 1.82) is 0 Å². The summed E-state index contributed by atoms with van der Waals surface area (Å²) in [4.78, 5) is 9.22.